The van der Waals surface area contributed by atoms with Gasteiger partial charge in [0.2, 0.25) is 23.6 Å². The monoisotopic (exact) mass is 433 g/mol. The molecule has 1 aromatic rings. The number of Topliss-reactive ketones (excluding diaryl/α,β-unsaturated/α-hetero) is 1. The van der Waals surface area contributed by atoms with E-state index in [1.165, 1.54) is 0 Å². The Morgan fingerprint density at radius 2 is 1.61 bits per heavy atom. The molecule has 0 aromatic heterocycles. The van der Waals surface area contributed by atoms with Gasteiger partial charge in [0, 0.05) is 32.2 Å². The van der Waals surface area contributed by atoms with Gasteiger partial charge in [-0.05, 0) is 19.0 Å². The topological polar surface area (TPSA) is 159 Å². The number of likely N-dealkylation sites (N-methyl/N-ethyl adjacent to an activating group) is 1. The molecule has 0 saturated heterocycles. The Bertz CT molecular complexity index is 754. The smallest absolute Gasteiger partial charge is 0.243 e. The molecular formula is C21H31N5O5. The molecule has 10 heteroatoms. The van der Waals surface area contributed by atoms with Gasteiger partial charge in [-0.3, -0.25) is 24.0 Å². The number of ketones is 1. The van der Waals surface area contributed by atoms with Crippen molar-refractivity contribution in [3.8, 4) is 0 Å². The van der Waals surface area contributed by atoms with Crippen LogP contribution in [0.3, 0.4) is 0 Å². The number of rotatable bonds is 15. The number of carbonyl (C=O) groups is 5. The number of nitrogens with two attached hydrogens (primary N) is 1. The third-order valence-corrected chi connectivity index (χ3v) is 4.28. The van der Waals surface area contributed by atoms with Crippen LogP contribution in [0.4, 0.5) is 0 Å². The number of hydrogen-bond acceptors (Lipinski definition) is 6. The zero-order chi connectivity index (χ0) is 23.1. The van der Waals surface area contributed by atoms with E-state index >= 15 is 0 Å². The first-order valence-corrected chi connectivity index (χ1v) is 10.1. The van der Waals surface area contributed by atoms with Crippen molar-refractivity contribution in [3.05, 3.63) is 35.9 Å². The molecule has 0 bridgehead atoms. The summed E-state index contributed by atoms with van der Waals surface area (Å²) in [7, 11) is 1.64. The molecule has 1 rings (SSSR count). The minimum Gasteiger partial charge on any atom is -0.370 e. The fourth-order valence-corrected chi connectivity index (χ4v) is 2.71. The molecule has 6 N–H and O–H groups in total. The summed E-state index contributed by atoms with van der Waals surface area (Å²) < 4.78 is 0. The zero-order valence-corrected chi connectivity index (χ0v) is 17.7. The summed E-state index contributed by atoms with van der Waals surface area (Å²) in [4.78, 5) is 59.0. The Morgan fingerprint density at radius 1 is 0.903 bits per heavy atom. The van der Waals surface area contributed by atoms with Crippen molar-refractivity contribution in [2.75, 3.05) is 26.7 Å². The number of benzene rings is 1. The highest BCUT2D eigenvalue weighted by Gasteiger charge is 2.22. The van der Waals surface area contributed by atoms with Gasteiger partial charge in [0.1, 0.15) is 11.8 Å². The first kappa shape index (κ1) is 25.8. The highest BCUT2D eigenvalue weighted by molar-refractivity contribution is 5.92. The SMILES string of the molecule is CNCC(=O)CCC(=O)NC(Cc1ccccc1)C(=O)NCC(=O)NCCCC(N)=O. The number of amides is 4. The van der Waals surface area contributed by atoms with E-state index in [4.69, 9.17) is 5.73 Å². The maximum absolute atomic E-state index is 12.6. The quantitative estimate of drug-likeness (QED) is 0.218. The number of nitrogens with one attached hydrogen (secondary N) is 4. The predicted molar refractivity (Wildman–Crippen MR) is 115 cm³/mol. The third-order valence-electron chi connectivity index (χ3n) is 4.28. The van der Waals surface area contributed by atoms with E-state index in [1.807, 2.05) is 30.3 Å². The Kier molecular flexibility index (Phi) is 12.2. The van der Waals surface area contributed by atoms with Crippen LogP contribution in [0.15, 0.2) is 30.3 Å². The standard InChI is InChI=1S/C21H31N5O5/c1-23-13-16(27)9-10-19(29)26-17(12-15-6-3-2-4-7-15)21(31)25-14-20(30)24-11-5-8-18(22)28/h2-4,6-7,17,23H,5,8-14H2,1H3,(H2,22,28)(H,24,30)(H,25,31)(H,26,29). The van der Waals surface area contributed by atoms with Crippen molar-refractivity contribution in [3.63, 3.8) is 0 Å². The molecule has 10 nitrogen and oxygen atoms in total. The van der Waals surface area contributed by atoms with E-state index in [2.05, 4.69) is 21.3 Å². The van der Waals surface area contributed by atoms with E-state index in [9.17, 15) is 24.0 Å². The van der Waals surface area contributed by atoms with E-state index in [0.29, 0.717) is 6.42 Å². The first-order chi connectivity index (χ1) is 14.8. The van der Waals surface area contributed by atoms with Crippen LogP contribution in [0.2, 0.25) is 0 Å². The van der Waals surface area contributed by atoms with E-state index in [1.54, 1.807) is 7.05 Å². The van der Waals surface area contributed by atoms with Gasteiger partial charge in [0.25, 0.3) is 0 Å². The third kappa shape index (κ3) is 12.1. The molecular weight excluding hydrogens is 402 g/mol. The van der Waals surface area contributed by atoms with Gasteiger partial charge < -0.3 is 27.0 Å². The van der Waals surface area contributed by atoms with Crippen molar-refractivity contribution >= 4 is 29.4 Å². The Morgan fingerprint density at radius 3 is 2.26 bits per heavy atom. The average molecular weight is 434 g/mol. The summed E-state index contributed by atoms with van der Waals surface area (Å²) in [5.41, 5.74) is 5.87. The average Bonchev–Trinajstić information content (AvgIpc) is 2.74. The lowest BCUT2D eigenvalue weighted by atomic mass is 10.0. The normalized spacial score (nSPS) is 11.3. The maximum Gasteiger partial charge on any atom is 0.243 e. The molecule has 0 aliphatic heterocycles. The first-order valence-electron chi connectivity index (χ1n) is 10.1. The molecule has 1 atom stereocenters. The second-order valence-electron chi connectivity index (χ2n) is 7.02. The summed E-state index contributed by atoms with van der Waals surface area (Å²) in [5, 5.41) is 10.5. The summed E-state index contributed by atoms with van der Waals surface area (Å²) >= 11 is 0. The van der Waals surface area contributed by atoms with E-state index in [-0.39, 0.29) is 51.1 Å². The minimum atomic E-state index is -0.892. The van der Waals surface area contributed by atoms with Crippen molar-refractivity contribution in [1.82, 2.24) is 21.3 Å². The van der Waals surface area contributed by atoms with Crippen LogP contribution in [0, 0.1) is 0 Å². The van der Waals surface area contributed by atoms with Gasteiger partial charge in [-0.25, -0.2) is 0 Å². The molecule has 0 fully saturated rings. The molecule has 0 heterocycles. The van der Waals surface area contributed by atoms with Gasteiger partial charge in [0.15, 0.2) is 0 Å². The molecule has 0 saturated carbocycles. The van der Waals surface area contributed by atoms with Crippen LogP contribution in [0.1, 0.15) is 31.2 Å². The van der Waals surface area contributed by atoms with Crippen molar-refractivity contribution in [2.24, 2.45) is 5.73 Å². The van der Waals surface area contributed by atoms with Gasteiger partial charge >= 0.3 is 0 Å². The van der Waals surface area contributed by atoms with Crippen molar-refractivity contribution in [2.45, 2.75) is 38.1 Å². The molecule has 170 valence electrons. The number of carbonyl (C=O) groups excluding carboxylic acids is 5. The van der Waals surface area contributed by atoms with E-state index in [0.717, 1.165) is 5.56 Å². The van der Waals surface area contributed by atoms with Crippen molar-refractivity contribution in [1.29, 1.82) is 0 Å². The largest absolute Gasteiger partial charge is 0.370 e. The highest BCUT2D eigenvalue weighted by Crippen LogP contribution is 2.04. The highest BCUT2D eigenvalue weighted by atomic mass is 16.2. The lowest BCUT2D eigenvalue weighted by Gasteiger charge is -2.18. The van der Waals surface area contributed by atoms with Gasteiger partial charge in [-0.15, -0.1) is 0 Å². The van der Waals surface area contributed by atoms with Crippen molar-refractivity contribution < 1.29 is 24.0 Å². The fraction of sp³-hybridized carbons (Fsp3) is 0.476. The van der Waals surface area contributed by atoms with Crippen LogP contribution >= 0.6 is 0 Å². The lowest BCUT2D eigenvalue weighted by Crippen LogP contribution is -2.50. The summed E-state index contributed by atoms with van der Waals surface area (Å²) in [6.07, 6.45) is 0.852. The van der Waals surface area contributed by atoms with Crippen LogP contribution in [-0.4, -0.2) is 62.1 Å². The van der Waals surface area contributed by atoms with Gasteiger partial charge in [-0.2, -0.15) is 0 Å². The molecule has 0 radical (unpaired) electrons. The Labute approximate surface area is 181 Å². The van der Waals surface area contributed by atoms with Crippen LogP contribution in [0.25, 0.3) is 0 Å². The second-order valence-corrected chi connectivity index (χ2v) is 7.02. The van der Waals surface area contributed by atoms with Crippen LogP contribution in [0.5, 0.6) is 0 Å². The molecule has 1 unspecified atom stereocenters. The summed E-state index contributed by atoms with van der Waals surface area (Å²) in [5.74, 6) is -1.90. The van der Waals surface area contributed by atoms with E-state index < -0.39 is 29.7 Å². The second kappa shape index (κ2) is 14.7. The predicted octanol–water partition coefficient (Wildman–Crippen LogP) is -1.22. The van der Waals surface area contributed by atoms with Crippen LogP contribution in [-0.2, 0) is 30.4 Å². The summed E-state index contributed by atoms with van der Waals surface area (Å²) in [6, 6.07) is 8.25. The van der Waals surface area contributed by atoms with Crippen LogP contribution < -0.4 is 27.0 Å². The molecule has 31 heavy (non-hydrogen) atoms. The Hall–Kier alpha value is -3.27. The van der Waals surface area contributed by atoms with Gasteiger partial charge in [-0.1, -0.05) is 30.3 Å². The van der Waals surface area contributed by atoms with Gasteiger partial charge in [0.05, 0.1) is 13.1 Å². The molecule has 0 aliphatic carbocycles. The lowest BCUT2D eigenvalue weighted by molar-refractivity contribution is -0.131. The summed E-state index contributed by atoms with van der Waals surface area (Å²) in [6.45, 7) is 0.176. The number of primary amides is 1. The maximum atomic E-state index is 12.6. The minimum absolute atomic E-state index is 0.0283. The molecule has 0 aliphatic rings. The number of hydrogen-bond donors (Lipinski definition) is 5. The molecule has 0 spiro atoms. The fourth-order valence-electron chi connectivity index (χ4n) is 2.71. The zero-order valence-electron chi connectivity index (χ0n) is 17.7. The molecule has 1 aromatic carbocycles. The molecule has 4 amide bonds. The Balaban J connectivity index is 2.58.